The summed E-state index contributed by atoms with van der Waals surface area (Å²) in [5.74, 6) is 2.46. The number of benzene rings is 1. The van der Waals surface area contributed by atoms with Crippen molar-refractivity contribution in [2.75, 3.05) is 26.7 Å². The van der Waals surface area contributed by atoms with Gasteiger partial charge >= 0.3 is 0 Å². The molecule has 1 aromatic carbocycles. The van der Waals surface area contributed by atoms with Crippen LogP contribution in [0.5, 0.6) is 5.75 Å². The van der Waals surface area contributed by atoms with Gasteiger partial charge in [0, 0.05) is 38.6 Å². The molecule has 3 heteroatoms. The monoisotopic (exact) mass is 301 g/mol. The highest BCUT2D eigenvalue weighted by Gasteiger charge is 2.53. The summed E-state index contributed by atoms with van der Waals surface area (Å²) < 4.78 is 6.23. The van der Waals surface area contributed by atoms with Gasteiger partial charge in [-0.05, 0) is 49.3 Å². The van der Waals surface area contributed by atoms with Gasteiger partial charge in [-0.1, -0.05) is 18.6 Å². The Labute approximate surface area is 133 Å². The summed E-state index contributed by atoms with van der Waals surface area (Å²) in [6.45, 7) is 3.63. The third-order valence-electron chi connectivity index (χ3n) is 6.14. The average Bonchev–Trinajstić information content (AvgIpc) is 3.31. The smallest absolute Gasteiger partial charge is 0.115 e. The molecule has 1 N–H and O–H groups in total. The molecule has 3 nitrogen and oxygen atoms in total. The third kappa shape index (κ3) is 2.35. The van der Waals surface area contributed by atoms with Crippen LogP contribution in [-0.4, -0.2) is 36.8 Å². The molecule has 120 valence electrons. The van der Waals surface area contributed by atoms with Crippen molar-refractivity contribution in [3.8, 4) is 5.75 Å². The third-order valence-corrected chi connectivity index (χ3v) is 6.14. The Hall–Kier alpha value is -1.06. The predicted octanol–water partition coefficient (Wildman–Crippen LogP) is 3.38. The zero-order valence-corrected chi connectivity index (χ0v) is 13.5. The van der Waals surface area contributed by atoms with Crippen LogP contribution < -0.4 is 0 Å². The Morgan fingerprint density at radius 3 is 2.27 bits per heavy atom. The maximum Gasteiger partial charge on any atom is 0.115 e. The number of likely N-dealkylation sites (tertiary alicyclic amines) is 1. The van der Waals surface area contributed by atoms with Crippen LogP contribution in [0.4, 0.5) is 0 Å². The van der Waals surface area contributed by atoms with E-state index in [2.05, 4.69) is 17.0 Å². The Bertz CT molecular complexity index is 509. The molecule has 0 unspecified atom stereocenters. The fourth-order valence-electron chi connectivity index (χ4n) is 4.98. The summed E-state index contributed by atoms with van der Waals surface area (Å²) in [6.07, 6.45) is 6.70. The van der Waals surface area contributed by atoms with E-state index in [4.69, 9.17) is 4.74 Å². The number of nitrogens with zero attached hydrogens (tertiary/aromatic N) is 1. The van der Waals surface area contributed by atoms with Crippen molar-refractivity contribution in [3.63, 3.8) is 0 Å². The van der Waals surface area contributed by atoms with Crippen molar-refractivity contribution >= 4 is 0 Å². The van der Waals surface area contributed by atoms with Crippen LogP contribution in [0.2, 0.25) is 0 Å². The standard InChI is InChI=1S/C19H27NO2/c1-22-19(15-7-9-18(21)10-8-15)16-3-2-4-17(19)13-20(12-16)11-14-5-6-14/h7-10,14,16-17,21H,2-6,11-13H2,1H3/t16-,17+,19-. The lowest BCUT2D eigenvalue weighted by Gasteiger charge is -2.55. The number of ether oxygens (including phenoxy) is 1. The van der Waals surface area contributed by atoms with Crippen LogP contribution in [0, 0.1) is 17.8 Å². The number of phenolic OH excluding ortho intramolecular Hbond substituents is 1. The van der Waals surface area contributed by atoms with E-state index < -0.39 is 0 Å². The maximum absolute atomic E-state index is 9.61. The number of piperidine rings is 1. The van der Waals surface area contributed by atoms with Gasteiger partial charge in [0.2, 0.25) is 0 Å². The molecule has 2 bridgehead atoms. The fraction of sp³-hybridized carbons (Fsp3) is 0.684. The van der Waals surface area contributed by atoms with Crippen molar-refractivity contribution in [2.45, 2.75) is 37.7 Å². The summed E-state index contributed by atoms with van der Waals surface area (Å²) >= 11 is 0. The number of aromatic hydroxyl groups is 1. The van der Waals surface area contributed by atoms with Gasteiger partial charge in [0.1, 0.15) is 11.4 Å². The van der Waals surface area contributed by atoms with Crippen molar-refractivity contribution in [1.29, 1.82) is 0 Å². The summed E-state index contributed by atoms with van der Waals surface area (Å²) in [6, 6.07) is 7.76. The molecule has 1 saturated heterocycles. The normalized spacial score (nSPS) is 35.5. The molecular weight excluding hydrogens is 274 g/mol. The fourth-order valence-corrected chi connectivity index (χ4v) is 4.98. The number of fused-ring (bicyclic) bond motifs is 2. The summed E-state index contributed by atoms with van der Waals surface area (Å²) in [7, 11) is 1.88. The lowest BCUT2D eigenvalue weighted by atomic mass is 9.62. The number of phenols is 1. The molecule has 3 fully saturated rings. The summed E-state index contributed by atoms with van der Waals surface area (Å²) in [5, 5.41) is 9.61. The molecule has 0 aromatic heterocycles. The van der Waals surface area contributed by atoms with Gasteiger partial charge in [-0.3, -0.25) is 0 Å². The molecule has 0 spiro atoms. The van der Waals surface area contributed by atoms with E-state index in [1.165, 1.54) is 57.3 Å². The first-order chi connectivity index (χ1) is 10.7. The van der Waals surface area contributed by atoms with Gasteiger partial charge in [-0.2, -0.15) is 0 Å². The second-order valence-electron chi connectivity index (χ2n) is 7.53. The highest BCUT2D eigenvalue weighted by atomic mass is 16.5. The zero-order chi connectivity index (χ0) is 15.2. The lowest BCUT2D eigenvalue weighted by molar-refractivity contribution is -0.169. The molecule has 0 amide bonds. The number of methoxy groups -OCH3 is 1. The molecule has 2 saturated carbocycles. The molecule has 3 atom stereocenters. The molecule has 4 rings (SSSR count). The van der Waals surface area contributed by atoms with Gasteiger partial charge in [-0.25, -0.2) is 0 Å². The van der Waals surface area contributed by atoms with Crippen LogP contribution in [-0.2, 0) is 10.3 Å². The van der Waals surface area contributed by atoms with E-state index in [0.717, 1.165) is 5.92 Å². The molecule has 2 aliphatic carbocycles. The Balaban J connectivity index is 1.64. The average molecular weight is 301 g/mol. The lowest BCUT2D eigenvalue weighted by Crippen LogP contribution is -2.59. The van der Waals surface area contributed by atoms with Crippen molar-refractivity contribution < 1.29 is 9.84 Å². The van der Waals surface area contributed by atoms with E-state index in [-0.39, 0.29) is 5.60 Å². The Morgan fingerprint density at radius 1 is 1.09 bits per heavy atom. The maximum atomic E-state index is 9.61. The van der Waals surface area contributed by atoms with Crippen LogP contribution in [0.15, 0.2) is 24.3 Å². The van der Waals surface area contributed by atoms with E-state index in [1.807, 2.05) is 19.2 Å². The topological polar surface area (TPSA) is 32.7 Å². The molecule has 0 radical (unpaired) electrons. The van der Waals surface area contributed by atoms with E-state index in [9.17, 15) is 5.11 Å². The molecule has 1 aliphatic heterocycles. The van der Waals surface area contributed by atoms with Crippen LogP contribution >= 0.6 is 0 Å². The minimum Gasteiger partial charge on any atom is -0.508 e. The minimum absolute atomic E-state index is 0.147. The molecule has 3 aliphatic rings. The number of hydrogen-bond acceptors (Lipinski definition) is 3. The van der Waals surface area contributed by atoms with Crippen molar-refractivity contribution in [3.05, 3.63) is 29.8 Å². The SMILES string of the molecule is CO[C@]1(c2ccc(O)cc2)[C@@H]2CCC[C@H]1CN(CC1CC1)C2. The Morgan fingerprint density at radius 2 is 1.73 bits per heavy atom. The summed E-state index contributed by atoms with van der Waals surface area (Å²) in [4.78, 5) is 2.70. The van der Waals surface area contributed by atoms with Crippen molar-refractivity contribution in [2.24, 2.45) is 17.8 Å². The molecular formula is C19H27NO2. The quantitative estimate of drug-likeness (QED) is 0.925. The van der Waals surface area contributed by atoms with Gasteiger partial charge in [0.15, 0.2) is 0 Å². The Kier molecular flexibility index (Phi) is 3.66. The molecule has 1 heterocycles. The van der Waals surface area contributed by atoms with E-state index in [0.29, 0.717) is 17.6 Å². The van der Waals surface area contributed by atoms with Crippen molar-refractivity contribution in [1.82, 2.24) is 4.90 Å². The van der Waals surface area contributed by atoms with E-state index >= 15 is 0 Å². The van der Waals surface area contributed by atoms with Gasteiger partial charge in [-0.15, -0.1) is 0 Å². The largest absolute Gasteiger partial charge is 0.508 e. The second kappa shape index (κ2) is 5.54. The first-order valence-corrected chi connectivity index (χ1v) is 8.79. The molecule has 22 heavy (non-hydrogen) atoms. The molecule has 1 aromatic rings. The predicted molar refractivity (Wildman–Crippen MR) is 86.8 cm³/mol. The zero-order valence-electron chi connectivity index (χ0n) is 13.5. The first-order valence-electron chi connectivity index (χ1n) is 8.79. The highest BCUT2D eigenvalue weighted by molar-refractivity contribution is 5.32. The second-order valence-corrected chi connectivity index (χ2v) is 7.53. The number of rotatable bonds is 4. The number of hydrogen-bond donors (Lipinski definition) is 1. The van der Waals surface area contributed by atoms with Gasteiger partial charge in [0.25, 0.3) is 0 Å². The van der Waals surface area contributed by atoms with Crippen LogP contribution in [0.25, 0.3) is 0 Å². The first kappa shape index (κ1) is 14.5. The highest BCUT2D eigenvalue weighted by Crippen LogP contribution is 2.52. The van der Waals surface area contributed by atoms with Crippen LogP contribution in [0.3, 0.4) is 0 Å². The van der Waals surface area contributed by atoms with Crippen LogP contribution in [0.1, 0.15) is 37.7 Å². The summed E-state index contributed by atoms with van der Waals surface area (Å²) in [5.41, 5.74) is 1.11. The minimum atomic E-state index is -0.147. The van der Waals surface area contributed by atoms with Gasteiger partial charge in [0.05, 0.1) is 0 Å². The van der Waals surface area contributed by atoms with E-state index in [1.54, 1.807) is 0 Å². The van der Waals surface area contributed by atoms with Gasteiger partial charge < -0.3 is 14.7 Å².